The van der Waals surface area contributed by atoms with Crippen molar-refractivity contribution in [1.82, 2.24) is 25.2 Å². The molecule has 0 saturated carbocycles. The molecule has 0 spiro atoms. The van der Waals surface area contributed by atoms with Gasteiger partial charge in [-0.3, -0.25) is 9.39 Å². The summed E-state index contributed by atoms with van der Waals surface area (Å²) in [5.74, 6) is 1.50. The van der Waals surface area contributed by atoms with Crippen LogP contribution in [0.2, 0.25) is 0 Å². The third-order valence-corrected chi connectivity index (χ3v) is 4.27. The molecule has 0 aliphatic heterocycles. The van der Waals surface area contributed by atoms with Gasteiger partial charge in [-0.2, -0.15) is 13.2 Å². The first kappa shape index (κ1) is 24.9. The number of ether oxygens (including phenoxy) is 1. The van der Waals surface area contributed by atoms with E-state index >= 15 is 0 Å². The maximum Gasteiger partial charge on any atom is 0.411 e. The molecule has 7 nitrogen and oxygen atoms in total. The Morgan fingerprint density at radius 3 is 2.52 bits per heavy atom. The molecule has 2 aromatic heterocycles. The molecule has 0 radical (unpaired) electrons. The summed E-state index contributed by atoms with van der Waals surface area (Å²) in [5.41, 5.74) is 2.47. The number of fused-ring (bicyclic) bond motifs is 1. The Kier molecular flexibility index (Phi) is 9.49. The fourth-order valence-electron chi connectivity index (χ4n) is 2.80. The zero-order valence-corrected chi connectivity index (χ0v) is 19.2. The van der Waals surface area contributed by atoms with Crippen molar-refractivity contribution in [2.24, 2.45) is 4.99 Å². The normalized spacial score (nSPS) is 11.9. The first-order valence-corrected chi connectivity index (χ1v) is 9.40. The molecule has 31 heavy (non-hydrogen) atoms. The molecule has 1 aromatic carbocycles. The molecule has 168 valence electrons. The molecule has 2 heterocycles. The van der Waals surface area contributed by atoms with Gasteiger partial charge in [0.1, 0.15) is 12.4 Å². The zero-order chi connectivity index (χ0) is 21.4. The van der Waals surface area contributed by atoms with Crippen molar-refractivity contribution in [3.63, 3.8) is 0 Å². The lowest BCUT2D eigenvalue weighted by Crippen LogP contribution is -2.38. The third kappa shape index (κ3) is 7.98. The van der Waals surface area contributed by atoms with Crippen LogP contribution in [0.5, 0.6) is 0 Å². The second-order valence-electron chi connectivity index (χ2n) is 6.57. The van der Waals surface area contributed by atoms with Crippen LogP contribution in [0.1, 0.15) is 17.0 Å². The van der Waals surface area contributed by atoms with Gasteiger partial charge in [-0.15, -0.1) is 34.2 Å². The second kappa shape index (κ2) is 11.8. The monoisotopic (exact) mass is 548 g/mol. The van der Waals surface area contributed by atoms with E-state index in [2.05, 4.69) is 30.6 Å². The van der Waals surface area contributed by atoms with Crippen LogP contribution in [-0.4, -0.2) is 46.9 Å². The van der Waals surface area contributed by atoms with Crippen molar-refractivity contribution in [2.45, 2.75) is 25.7 Å². The van der Waals surface area contributed by atoms with Gasteiger partial charge in [0.05, 0.1) is 6.61 Å². The first-order chi connectivity index (χ1) is 14.4. The quantitative estimate of drug-likeness (QED) is 0.257. The highest BCUT2D eigenvalue weighted by atomic mass is 127. The second-order valence-corrected chi connectivity index (χ2v) is 6.57. The number of nitrogens with one attached hydrogen (secondary N) is 2. The Hall–Kier alpha value is -2.41. The van der Waals surface area contributed by atoms with E-state index in [9.17, 15) is 13.2 Å². The fourth-order valence-corrected chi connectivity index (χ4v) is 2.80. The van der Waals surface area contributed by atoms with E-state index in [0.717, 1.165) is 17.0 Å². The van der Waals surface area contributed by atoms with E-state index in [4.69, 9.17) is 0 Å². The lowest BCUT2D eigenvalue weighted by Gasteiger charge is -2.12. The molecule has 3 rings (SSSR count). The largest absolute Gasteiger partial charge is 0.411 e. The summed E-state index contributed by atoms with van der Waals surface area (Å²) in [6.45, 7) is -0.168. The predicted octanol–water partition coefficient (Wildman–Crippen LogP) is 3.33. The number of aliphatic imine (C=N–C) groups is 1. The van der Waals surface area contributed by atoms with E-state index in [0.29, 0.717) is 31.0 Å². The van der Waals surface area contributed by atoms with Gasteiger partial charge in [0.25, 0.3) is 0 Å². The van der Waals surface area contributed by atoms with Crippen LogP contribution in [0, 0.1) is 0 Å². The topological polar surface area (TPSA) is 75.8 Å². The Balaban J connectivity index is 0.00000341. The van der Waals surface area contributed by atoms with Gasteiger partial charge in [0.2, 0.25) is 0 Å². The number of guanidine groups is 1. The number of benzene rings is 1. The molecule has 11 heteroatoms. The van der Waals surface area contributed by atoms with E-state index in [1.54, 1.807) is 19.2 Å². The number of halogens is 4. The summed E-state index contributed by atoms with van der Waals surface area (Å²) < 4.78 is 42.9. The van der Waals surface area contributed by atoms with Crippen LogP contribution in [0.4, 0.5) is 13.2 Å². The number of hydrogen-bond acceptors (Lipinski definition) is 4. The van der Waals surface area contributed by atoms with Gasteiger partial charge >= 0.3 is 6.18 Å². The molecular formula is C20H24F3IN6O. The van der Waals surface area contributed by atoms with Crippen molar-refractivity contribution in [1.29, 1.82) is 0 Å². The molecule has 0 amide bonds. The SMILES string of the molecule is CN=C(NCCc1nnc2ccccn12)NCc1ccc(COCC(F)(F)F)cc1.I. The summed E-state index contributed by atoms with van der Waals surface area (Å²) >= 11 is 0. The maximum atomic E-state index is 12.1. The van der Waals surface area contributed by atoms with E-state index in [1.165, 1.54) is 0 Å². The van der Waals surface area contributed by atoms with Crippen LogP contribution >= 0.6 is 24.0 Å². The molecule has 0 bridgehead atoms. The molecular weight excluding hydrogens is 524 g/mol. The van der Waals surface area contributed by atoms with Crippen LogP contribution in [0.25, 0.3) is 5.65 Å². The van der Waals surface area contributed by atoms with Gasteiger partial charge in [-0.1, -0.05) is 30.3 Å². The van der Waals surface area contributed by atoms with Crippen LogP contribution in [0.15, 0.2) is 53.7 Å². The molecule has 3 aromatic rings. The highest BCUT2D eigenvalue weighted by Gasteiger charge is 2.27. The van der Waals surface area contributed by atoms with Crippen LogP contribution in [0.3, 0.4) is 0 Å². The van der Waals surface area contributed by atoms with Crippen LogP contribution in [-0.2, 0) is 24.3 Å². The highest BCUT2D eigenvalue weighted by molar-refractivity contribution is 14.0. The number of alkyl halides is 3. The molecule has 0 aliphatic rings. The molecule has 0 aliphatic carbocycles. The van der Waals surface area contributed by atoms with Gasteiger partial charge in [-0.05, 0) is 23.3 Å². The maximum absolute atomic E-state index is 12.1. The summed E-state index contributed by atoms with van der Waals surface area (Å²) in [6.07, 6.45) is -1.71. The van der Waals surface area contributed by atoms with Gasteiger partial charge < -0.3 is 15.4 Å². The Morgan fingerprint density at radius 2 is 1.81 bits per heavy atom. The molecule has 2 N–H and O–H groups in total. The van der Waals surface area contributed by atoms with Gasteiger partial charge in [0.15, 0.2) is 11.6 Å². The Bertz CT molecular complexity index is 975. The average Bonchev–Trinajstić information content (AvgIpc) is 3.14. The highest BCUT2D eigenvalue weighted by Crippen LogP contribution is 2.15. The van der Waals surface area contributed by atoms with Gasteiger partial charge in [-0.25, -0.2) is 0 Å². The lowest BCUT2D eigenvalue weighted by molar-refractivity contribution is -0.176. The average molecular weight is 548 g/mol. The Morgan fingerprint density at radius 1 is 1.06 bits per heavy atom. The van der Waals surface area contributed by atoms with E-state index in [-0.39, 0.29) is 30.6 Å². The van der Waals surface area contributed by atoms with E-state index < -0.39 is 12.8 Å². The summed E-state index contributed by atoms with van der Waals surface area (Å²) in [6, 6.07) is 12.9. The fraction of sp³-hybridized carbons (Fsp3) is 0.350. The number of nitrogens with zero attached hydrogens (tertiary/aromatic N) is 4. The Labute approximate surface area is 195 Å². The molecule has 0 fully saturated rings. The summed E-state index contributed by atoms with van der Waals surface area (Å²) in [5, 5.41) is 14.7. The van der Waals surface area contributed by atoms with Crippen molar-refractivity contribution in [3.05, 3.63) is 65.6 Å². The third-order valence-electron chi connectivity index (χ3n) is 4.27. The van der Waals surface area contributed by atoms with Crippen LogP contribution < -0.4 is 10.6 Å². The zero-order valence-electron chi connectivity index (χ0n) is 16.9. The van der Waals surface area contributed by atoms with E-state index in [1.807, 2.05) is 40.9 Å². The van der Waals surface area contributed by atoms with Crippen molar-refractivity contribution in [2.75, 3.05) is 20.2 Å². The lowest BCUT2D eigenvalue weighted by atomic mass is 10.1. The molecule has 0 unspecified atom stereocenters. The minimum Gasteiger partial charge on any atom is -0.367 e. The smallest absolute Gasteiger partial charge is 0.367 e. The predicted molar refractivity (Wildman–Crippen MR) is 122 cm³/mol. The first-order valence-electron chi connectivity index (χ1n) is 9.40. The van der Waals surface area contributed by atoms with Crippen molar-refractivity contribution >= 4 is 35.6 Å². The number of aromatic nitrogens is 3. The minimum atomic E-state index is -4.31. The number of hydrogen-bond donors (Lipinski definition) is 2. The van der Waals surface area contributed by atoms with Gasteiger partial charge in [0, 0.05) is 32.8 Å². The number of rotatable bonds is 8. The summed E-state index contributed by atoms with van der Waals surface area (Å²) in [4.78, 5) is 4.19. The summed E-state index contributed by atoms with van der Waals surface area (Å²) in [7, 11) is 1.68. The van der Waals surface area contributed by atoms with Crippen molar-refractivity contribution in [3.8, 4) is 0 Å². The van der Waals surface area contributed by atoms with Crippen molar-refractivity contribution < 1.29 is 17.9 Å². The minimum absolute atomic E-state index is 0. The molecule has 0 atom stereocenters. The number of pyridine rings is 1. The molecule has 0 saturated heterocycles. The standard InChI is InChI=1S/C20H23F3N6O.HI/c1-24-19(25-10-9-18-28-27-17-4-2-3-11-29(17)18)26-12-15-5-7-16(8-6-15)13-30-14-20(21,22)23;/h2-8,11H,9-10,12-14H2,1H3,(H2,24,25,26);1H.